The van der Waals surface area contributed by atoms with Gasteiger partial charge in [0.2, 0.25) is 0 Å². The maximum atomic E-state index is 6.19. The molecule has 86 valence electrons. The van der Waals surface area contributed by atoms with Crippen molar-refractivity contribution in [3.63, 3.8) is 0 Å². The molecule has 1 aliphatic carbocycles. The Balaban J connectivity index is 1.94. The molecule has 1 unspecified atom stereocenters. The maximum Gasteiger partial charge on any atom is 0.132 e. The predicted octanol–water partition coefficient (Wildman–Crippen LogP) is 3.93. The highest BCUT2D eigenvalue weighted by molar-refractivity contribution is 5.38. The van der Waals surface area contributed by atoms with Crippen LogP contribution in [0.3, 0.4) is 0 Å². The second-order valence-corrected chi connectivity index (χ2v) is 4.80. The van der Waals surface area contributed by atoms with Gasteiger partial charge in [-0.3, -0.25) is 0 Å². The Labute approximate surface area is 102 Å². The highest BCUT2D eigenvalue weighted by Gasteiger charge is 2.35. The second-order valence-electron chi connectivity index (χ2n) is 4.80. The molecular formula is C16H16O. The maximum absolute atomic E-state index is 6.19. The van der Waals surface area contributed by atoms with Crippen LogP contribution in [0.4, 0.5) is 0 Å². The van der Waals surface area contributed by atoms with Crippen LogP contribution in [0.2, 0.25) is 0 Å². The first-order valence-electron chi connectivity index (χ1n) is 6.10. The van der Waals surface area contributed by atoms with E-state index in [1.165, 1.54) is 11.1 Å². The van der Waals surface area contributed by atoms with Crippen LogP contribution in [0.15, 0.2) is 54.6 Å². The molecule has 1 aliphatic rings. The minimum atomic E-state index is -0.169. The van der Waals surface area contributed by atoms with Crippen molar-refractivity contribution in [3.8, 4) is 5.75 Å². The van der Waals surface area contributed by atoms with Crippen molar-refractivity contribution in [2.24, 2.45) is 0 Å². The molecule has 0 heterocycles. The fourth-order valence-electron chi connectivity index (χ4n) is 2.62. The molecule has 0 bridgehead atoms. The van der Waals surface area contributed by atoms with Gasteiger partial charge in [-0.2, -0.15) is 0 Å². The van der Waals surface area contributed by atoms with Gasteiger partial charge in [0.1, 0.15) is 11.4 Å². The van der Waals surface area contributed by atoms with Crippen molar-refractivity contribution in [2.45, 2.75) is 25.4 Å². The monoisotopic (exact) mass is 224 g/mol. The summed E-state index contributed by atoms with van der Waals surface area (Å²) in [7, 11) is 0. The molecule has 3 rings (SSSR count). The van der Waals surface area contributed by atoms with E-state index in [1.54, 1.807) is 0 Å². The van der Waals surface area contributed by atoms with Crippen LogP contribution >= 0.6 is 0 Å². The topological polar surface area (TPSA) is 9.23 Å². The Hall–Kier alpha value is -1.76. The summed E-state index contributed by atoms with van der Waals surface area (Å²) < 4.78 is 6.19. The largest absolute Gasteiger partial charge is 0.483 e. The number of benzene rings is 2. The van der Waals surface area contributed by atoms with Gasteiger partial charge >= 0.3 is 0 Å². The summed E-state index contributed by atoms with van der Waals surface area (Å²) in [6, 6.07) is 18.7. The van der Waals surface area contributed by atoms with Crippen LogP contribution in [0.1, 0.15) is 24.5 Å². The van der Waals surface area contributed by atoms with E-state index in [9.17, 15) is 0 Å². The standard InChI is InChI=1S/C16H16O/c1-16(17-14-8-3-2-4-9-14)12-11-13-7-5-6-10-15(13)16/h2-10H,11-12H2,1H3. The third-order valence-electron chi connectivity index (χ3n) is 3.54. The Bertz CT molecular complexity index is 518. The molecule has 1 atom stereocenters. The molecule has 1 heteroatoms. The Morgan fingerprint density at radius 2 is 1.65 bits per heavy atom. The SMILES string of the molecule is CC1(Oc2ccccc2)CCc2ccccc21. The third kappa shape index (κ3) is 1.82. The predicted molar refractivity (Wildman–Crippen MR) is 69.2 cm³/mol. The summed E-state index contributed by atoms with van der Waals surface area (Å²) in [4.78, 5) is 0. The van der Waals surface area contributed by atoms with E-state index >= 15 is 0 Å². The van der Waals surface area contributed by atoms with Crippen LogP contribution in [0, 0.1) is 0 Å². The van der Waals surface area contributed by atoms with Crippen LogP contribution in [0.5, 0.6) is 5.75 Å². The second kappa shape index (κ2) is 3.92. The van der Waals surface area contributed by atoms with Gasteiger partial charge in [-0.25, -0.2) is 0 Å². The average molecular weight is 224 g/mol. The zero-order valence-electron chi connectivity index (χ0n) is 10.0. The first kappa shape index (κ1) is 10.4. The number of rotatable bonds is 2. The molecule has 0 spiro atoms. The zero-order valence-corrected chi connectivity index (χ0v) is 10.0. The van der Waals surface area contributed by atoms with E-state index < -0.39 is 0 Å². The fraction of sp³-hybridized carbons (Fsp3) is 0.250. The van der Waals surface area contributed by atoms with Gasteiger partial charge < -0.3 is 4.74 Å². The highest BCUT2D eigenvalue weighted by atomic mass is 16.5. The molecule has 0 radical (unpaired) electrons. The van der Waals surface area contributed by atoms with E-state index in [1.807, 2.05) is 30.3 Å². The molecule has 0 fully saturated rings. The van der Waals surface area contributed by atoms with Crippen molar-refractivity contribution in [1.29, 1.82) is 0 Å². The van der Waals surface area contributed by atoms with Gasteiger partial charge in [0.05, 0.1) is 0 Å². The van der Waals surface area contributed by atoms with Gasteiger partial charge in [0.15, 0.2) is 0 Å². The van der Waals surface area contributed by atoms with E-state index in [0.29, 0.717) is 0 Å². The Kier molecular flexibility index (Phi) is 2.40. The van der Waals surface area contributed by atoms with Crippen molar-refractivity contribution in [3.05, 3.63) is 65.7 Å². The number of aryl methyl sites for hydroxylation is 1. The minimum absolute atomic E-state index is 0.169. The minimum Gasteiger partial charge on any atom is -0.483 e. The Morgan fingerprint density at radius 3 is 2.47 bits per heavy atom. The van der Waals surface area contributed by atoms with Crippen LogP contribution in [-0.4, -0.2) is 0 Å². The first-order chi connectivity index (χ1) is 8.28. The number of hydrogen-bond donors (Lipinski definition) is 0. The Morgan fingerprint density at radius 1 is 0.941 bits per heavy atom. The third-order valence-corrected chi connectivity index (χ3v) is 3.54. The lowest BCUT2D eigenvalue weighted by molar-refractivity contribution is 0.0891. The summed E-state index contributed by atoms with van der Waals surface area (Å²) in [6.07, 6.45) is 2.17. The summed E-state index contributed by atoms with van der Waals surface area (Å²) in [5.74, 6) is 0.951. The molecule has 0 amide bonds. The lowest BCUT2D eigenvalue weighted by atomic mass is 9.98. The summed E-state index contributed by atoms with van der Waals surface area (Å²) in [6.45, 7) is 2.19. The number of hydrogen-bond acceptors (Lipinski definition) is 1. The molecule has 0 saturated carbocycles. The molecule has 2 aromatic carbocycles. The molecule has 0 N–H and O–H groups in total. The van der Waals surface area contributed by atoms with E-state index in [0.717, 1.165) is 18.6 Å². The van der Waals surface area contributed by atoms with E-state index in [-0.39, 0.29) is 5.60 Å². The van der Waals surface area contributed by atoms with Crippen LogP contribution in [0.25, 0.3) is 0 Å². The quantitative estimate of drug-likeness (QED) is 0.751. The number of ether oxygens (including phenoxy) is 1. The van der Waals surface area contributed by atoms with Gasteiger partial charge in [-0.1, -0.05) is 42.5 Å². The van der Waals surface area contributed by atoms with Gasteiger partial charge in [-0.15, -0.1) is 0 Å². The van der Waals surface area contributed by atoms with Crippen molar-refractivity contribution < 1.29 is 4.74 Å². The average Bonchev–Trinajstić information content (AvgIpc) is 2.69. The molecule has 2 aromatic rings. The summed E-state index contributed by atoms with van der Waals surface area (Å²) >= 11 is 0. The smallest absolute Gasteiger partial charge is 0.132 e. The van der Waals surface area contributed by atoms with E-state index in [2.05, 4.69) is 31.2 Å². The number of fused-ring (bicyclic) bond motifs is 1. The van der Waals surface area contributed by atoms with Crippen molar-refractivity contribution in [2.75, 3.05) is 0 Å². The number of para-hydroxylation sites is 1. The molecule has 0 saturated heterocycles. The molecule has 0 aliphatic heterocycles. The van der Waals surface area contributed by atoms with Crippen LogP contribution < -0.4 is 4.74 Å². The summed E-state index contributed by atoms with van der Waals surface area (Å²) in [5.41, 5.74) is 2.59. The van der Waals surface area contributed by atoms with Crippen LogP contribution in [-0.2, 0) is 12.0 Å². The molecular weight excluding hydrogens is 208 g/mol. The normalized spacial score (nSPS) is 22.2. The van der Waals surface area contributed by atoms with Crippen molar-refractivity contribution >= 4 is 0 Å². The molecule has 1 nitrogen and oxygen atoms in total. The fourth-order valence-corrected chi connectivity index (χ4v) is 2.62. The molecule has 0 aromatic heterocycles. The van der Waals surface area contributed by atoms with Gasteiger partial charge in [0.25, 0.3) is 0 Å². The van der Waals surface area contributed by atoms with E-state index in [4.69, 9.17) is 4.74 Å². The molecule has 17 heavy (non-hydrogen) atoms. The zero-order chi connectivity index (χ0) is 11.7. The van der Waals surface area contributed by atoms with Crippen molar-refractivity contribution in [1.82, 2.24) is 0 Å². The highest BCUT2D eigenvalue weighted by Crippen LogP contribution is 2.39. The van der Waals surface area contributed by atoms with Gasteiger partial charge in [-0.05, 0) is 43.0 Å². The lowest BCUT2D eigenvalue weighted by Gasteiger charge is -2.27. The lowest BCUT2D eigenvalue weighted by Crippen LogP contribution is -2.26. The van der Waals surface area contributed by atoms with Gasteiger partial charge in [0, 0.05) is 0 Å². The first-order valence-corrected chi connectivity index (χ1v) is 6.10. The summed E-state index contributed by atoms with van der Waals surface area (Å²) in [5, 5.41) is 0.